The number of nitrogens with zero attached hydrogens (tertiary/aromatic N) is 1. The van der Waals surface area contributed by atoms with Gasteiger partial charge in [0.05, 0.1) is 12.1 Å². The maximum absolute atomic E-state index is 11.3. The highest BCUT2D eigenvalue weighted by Crippen LogP contribution is 2.11. The van der Waals surface area contributed by atoms with Crippen molar-refractivity contribution in [3.63, 3.8) is 0 Å². The second-order valence-electron chi connectivity index (χ2n) is 4.65. The number of amides is 2. The van der Waals surface area contributed by atoms with Crippen LogP contribution in [0.5, 0.6) is 0 Å². The Bertz CT molecular complexity index is 272. The molecule has 1 heterocycles. The molecule has 0 bridgehead atoms. The fourth-order valence-corrected chi connectivity index (χ4v) is 1.19. The second kappa shape index (κ2) is 5.16. The number of carbonyl (C=O) groups excluding carboxylic acids is 2. The third kappa shape index (κ3) is 4.48. The SMILES string of the molecule is CC(C)(C)ONC(=O)ON1CCCCC1=O. The maximum Gasteiger partial charge on any atom is 0.455 e. The molecular formula is C10H18N2O4. The zero-order valence-corrected chi connectivity index (χ0v) is 9.91. The number of hydroxylamine groups is 3. The summed E-state index contributed by atoms with van der Waals surface area (Å²) >= 11 is 0. The van der Waals surface area contributed by atoms with E-state index in [-0.39, 0.29) is 5.91 Å². The van der Waals surface area contributed by atoms with Crippen LogP contribution in [0.2, 0.25) is 0 Å². The Labute approximate surface area is 94.8 Å². The van der Waals surface area contributed by atoms with Crippen LogP contribution in [0.1, 0.15) is 40.0 Å². The highest BCUT2D eigenvalue weighted by atomic mass is 16.8. The molecule has 16 heavy (non-hydrogen) atoms. The van der Waals surface area contributed by atoms with Gasteiger partial charge in [-0.15, -0.1) is 0 Å². The molecule has 6 heteroatoms. The zero-order chi connectivity index (χ0) is 12.2. The van der Waals surface area contributed by atoms with Crippen LogP contribution in [-0.4, -0.2) is 29.2 Å². The van der Waals surface area contributed by atoms with Gasteiger partial charge in [0.1, 0.15) is 0 Å². The topological polar surface area (TPSA) is 67.9 Å². The standard InChI is InChI=1S/C10H18N2O4/c1-10(2,3)16-11-9(14)15-12-7-5-4-6-8(12)13/h4-7H2,1-3H3,(H,11,14). The Morgan fingerprint density at radius 2 is 2.06 bits per heavy atom. The van der Waals surface area contributed by atoms with Gasteiger partial charge in [0, 0.05) is 6.42 Å². The summed E-state index contributed by atoms with van der Waals surface area (Å²) in [5.41, 5.74) is 1.64. The van der Waals surface area contributed by atoms with Gasteiger partial charge in [-0.3, -0.25) is 9.63 Å². The van der Waals surface area contributed by atoms with Crippen LogP contribution in [0.3, 0.4) is 0 Å². The van der Waals surface area contributed by atoms with Gasteiger partial charge in [-0.2, -0.15) is 10.5 Å². The summed E-state index contributed by atoms with van der Waals surface area (Å²) in [4.78, 5) is 32.4. The van der Waals surface area contributed by atoms with E-state index in [0.717, 1.165) is 17.9 Å². The Balaban J connectivity index is 2.30. The molecule has 2 amide bonds. The summed E-state index contributed by atoms with van der Waals surface area (Å²) in [5.74, 6) is -0.169. The van der Waals surface area contributed by atoms with E-state index in [0.29, 0.717) is 13.0 Å². The number of rotatable bonds is 2. The number of carbonyl (C=O) groups is 2. The largest absolute Gasteiger partial charge is 0.455 e. The van der Waals surface area contributed by atoms with Crippen LogP contribution in [0.15, 0.2) is 0 Å². The zero-order valence-electron chi connectivity index (χ0n) is 9.91. The number of nitrogens with one attached hydrogen (secondary N) is 1. The molecule has 0 aromatic rings. The Morgan fingerprint density at radius 3 is 2.62 bits per heavy atom. The smallest absolute Gasteiger partial charge is 0.317 e. The van der Waals surface area contributed by atoms with E-state index >= 15 is 0 Å². The van der Waals surface area contributed by atoms with Crippen LogP contribution in [0.25, 0.3) is 0 Å². The van der Waals surface area contributed by atoms with E-state index in [4.69, 9.17) is 9.68 Å². The average molecular weight is 230 g/mol. The van der Waals surface area contributed by atoms with Gasteiger partial charge in [-0.1, -0.05) is 0 Å². The van der Waals surface area contributed by atoms with E-state index in [1.54, 1.807) is 20.8 Å². The van der Waals surface area contributed by atoms with E-state index in [9.17, 15) is 9.59 Å². The van der Waals surface area contributed by atoms with Crippen molar-refractivity contribution >= 4 is 12.0 Å². The average Bonchev–Trinajstić information content (AvgIpc) is 2.18. The molecule has 1 rings (SSSR count). The molecule has 0 radical (unpaired) electrons. The molecule has 0 aromatic heterocycles. The van der Waals surface area contributed by atoms with Crippen LogP contribution in [0.4, 0.5) is 4.79 Å². The molecule has 6 nitrogen and oxygen atoms in total. The molecule has 0 aromatic carbocycles. The van der Waals surface area contributed by atoms with Gasteiger partial charge in [0.25, 0.3) is 5.91 Å². The van der Waals surface area contributed by atoms with Crippen molar-refractivity contribution in [3.8, 4) is 0 Å². The summed E-state index contributed by atoms with van der Waals surface area (Å²) < 4.78 is 0. The molecule has 1 saturated heterocycles. The van der Waals surface area contributed by atoms with Crippen molar-refractivity contribution in [1.82, 2.24) is 10.5 Å². The summed E-state index contributed by atoms with van der Waals surface area (Å²) in [5, 5.41) is 1.07. The number of hydrogen-bond acceptors (Lipinski definition) is 4. The van der Waals surface area contributed by atoms with Gasteiger partial charge in [-0.25, -0.2) is 4.79 Å². The van der Waals surface area contributed by atoms with Gasteiger partial charge < -0.3 is 4.84 Å². The van der Waals surface area contributed by atoms with Gasteiger partial charge in [0.15, 0.2) is 0 Å². The predicted octanol–water partition coefficient (Wildman–Crippen LogP) is 1.37. The lowest BCUT2D eigenvalue weighted by Crippen LogP contribution is -2.42. The first-order valence-electron chi connectivity index (χ1n) is 5.35. The molecule has 0 unspecified atom stereocenters. The molecule has 1 aliphatic heterocycles. The van der Waals surface area contributed by atoms with Crippen LogP contribution in [-0.2, 0) is 14.5 Å². The highest BCUT2D eigenvalue weighted by Gasteiger charge is 2.23. The van der Waals surface area contributed by atoms with Gasteiger partial charge in [0.2, 0.25) is 0 Å². The molecule has 0 aliphatic carbocycles. The molecular weight excluding hydrogens is 212 g/mol. The van der Waals surface area contributed by atoms with Crippen molar-refractivity contribution in [2.24, 2.45) is 0 Å². The number of piperidine rings is 1. The highest BCUT2D eigenvalue weighted by molar-refractivity contribution is 5.77. The fourth-order valence-electron chi connectivity index (χ4n) is 1.19. The Kier molecular flexibility index (Phi) is 4.12. The minimum Gasteiger partial charge on any atom is -0.317 e. The van der Waals surface area contributed by atoms with Crippen molar-refractivity contribution in [1.29, 1.82) is 0 Å². The first-order valence-corrected chi connectivity index (χ1v) is 5.35. The minimum atomic E-state index is -0.773. The normalized spacial score (nSPS) is 17.2. The first-order chi connectivity index (χ1) is 7.38. The van der Waals surface area contributed by atoms with Crippen LogP contribution >= 0.6 is 0 Å². The second-order valence-corrected chi connectivity index (χ2v) is 4.65. The van der Waals surface area contributed by atoms with Gasteiger partial charge >= 0.3 is 6.09 Å². The predicted molar refractivity (Wildman–Crippen MR) is 56.0 cm³/mol. The van der Waals surface area contributed by atoms with E-state index < -0.39 is 11.7 Å². The quantitative estimate of drug-likeness (QED) is 0.727. The van der Waals surface area contributed by atoms with E-state index in [1.165, 1.54) is 0 Å². The van der Waals surface area contributed by atoms with E-state index in [2.05, 4.69) is 5.48 Å². The Hall–Kier alpha value is -1.30. The van der Waals surface area contributed by atoms with Crippen molar-refractivity contribution in [2.45, 2.75) is 45.6 Å². The molecule has 0 spiro atoms. The molecule has 0 atom stereocenters. The Morgan fingerprint density at radius 1 is 1.38 bits per heavy atom. The molecule has 0 saturated carbocycles. The molecule has 1 N–H and O–H groups in total. The number of hydrogen-bond donors (Lipinski definition) is 1. The molecule has 1 aliphatic rings. The summed E-state index contributed by atoms with van der Waals surface area (Å²) in [6.07, 6.45) is 1.34. The molecule has 1 fully saturated rings. The summed E-state index contributed by atoms with van der Waals surface area (Å²) in [6, 6.07) is 0. The third-order valence-electron chi connectivity index (χ3n) is 1.91. The minimum absolute atomic E-state index is 0.169. The lowest BCUT2D eigenvalue weighted by atomic mass is 10.2. The van der Waals surface area contributed by atoms with Crippen molar-refractivity contribution in [2.75, 3.05) is 6.54 Å². The van der Waals surface area contributed by atoms with Crippen LogP contribution < -0.4 is 5.48 Å². The first kappa shape index (κ1) is 12.8. The summed E-state index contributed by atoms with van der Waals surface area (Å²) in [6.45, 7) is 5.82. The maximum atomic E-state index is 11.3. The monoisotopic (exact) mass is 230 g/mol. The van der Waals surface area contributed by atoms with Crippen LogP contribution in [0, 0.1) is 0 Å². The summed E-state index contributed by atoms with van der Waals surface area (Å²) in [7, 11) is 0. The van der Waals surface area contributed by atoms with Crippen molar-refractivity contribution in [3.05, 3.63) is 0 Å². The van der Waals surface area contributed by atoms with Gasteiger partial charge in [-0.05, 0) is 33.6 Å². The lowest BCUT2D eigenvalue weighted by Gasteiger charge is -2.25. The third-order valence-corrected chi connectivity index (χ3v) is 1.91. The fraction of sp³-hybridized carbons (Fsp3) is 0.800. The van der Waals surface area contributed by atoms with Crippen molar-refractivity contribution < 1.29 is 19.3 Å². The molecule has 92 valence electrons. The lowest BCUT2D eigenvalue weighted by molar-refractivity contribution is -0.176. The van der Waals surface area contributed by atoms with E-state index in [1.807, 2.05) is 0 Å².